The van der Waals surface area contributed by atoms with Crippen molar-refractivity contribution in [1.82, 2.24) is 4.57 Å². The van der Waals surface area contributed by atoms with Gasteiger partial charge in [0.25, 0.3) is 0 Å². The van der Waals surface area contributed by atoms with E-state index >= 15 is 0 Å². The van der Waals surface area contributed by atoms with Crippen LogP contribution in [0.15, 0.2) is 241 Å². The summed E-state index contributed by atoms with van der Waals surface area (Å²) in [6.45, 7) is 0. The lowest BCUT2D eigenvalue weighted by Gasteiger charge is -2.27. The lowest BCUT2D eigenvalue weighted by molar-refractivity contribution is 0.834. The van der Waals surface area contributed by atoms with Gasteiger partial charge in [-0.15, -0.1) is 11.8 Å². The number of benzene rings is 8. The summed E-state index contributed by atoms with van der Waals surface area (Å²) in [7, 11) is 0. The Morgan fingerprint density at radius 2 is 1.24 bits per heavy atom. The Balaban J connectivity index is 0.889. The van der Waals surface area contributed by atoms with Crippen LogP contribution in [0.3, 0.4) is 0 Å². The van der Waals surface area contributed by atoms with Crippen LogP contribution >= 0.6 is 11.8 Å². The zero-order valence-corrected chi connectivity index (χ0v) is 39.9. The molecule has 0 saturated heterocycles. The van der Waals surface area contributed by atoms with E-state index in [-0.39, 0.29) is 11.2 Å². The van der Waals surface area contributed by atoms with Crippen LogP contribution in [0.5, 0.6) is 0 Å². The molecule has 70 heavy (non-hydrogen) atoms. The summed E-state index contributed by atoms with van der Waals surface area (Å²) < 4.78 is 2.48. The predicted octanol–water partition coefficient (Wildman–Crippen LogP) is 18.4. The van der Waals surface area contributed by atoms with E-state index in [2.05, 4.69) is 247 Å². The topological polar surface area (TPSA) is 4.93 Å². The fourth-order valence-electron chi connectivity index (χ4n) is 12.3. The molecule has 0 amide bonds. The third-order valence-electron chi connectivity index (χ3n) is 15.6. The van der Waals surface area contributed by atoms with E-state index in [9.17, 15) is 0 Å². The molecule has 3 atom stereocenters. The first-order valence-electron chi connectivity index (χ1n) is 25.2. The number of allylic oxidation sites excluding steroid dienone is 12. The van der Waals surface area contributed by atoms with Crippen molar-refractivity contribution in [3.8, 4) is 39.1 Å². The minimum Gasteiger partial charge on any atom is -0.309 e. The number of fused-ring (bicyclic) bond motifs is 8. The van der Waals surface area contributed by atoms with Crippen molar-refractivity contribution >= 4 is 56.0 Å². The average Bonchev–Trinajstić information content (AvgIpc) is 3.98. The number of para-hydroxylation sites is 1. The quantitative estimate of drug-likeness (QED) is 0.154. The molecule has 1 nitrogen and oxygen atoms in total. The molecule has 0 bridgehead atoms. The van der Waals surface area contributed by atoms with Gasteiger partial charge in [-0.2, -0.15) is 0 Å². The second-order valence-electron chi connectivity index (χ2n) is 19.6. The van der Waals surface area contributed by atoms with Crippen LogP contribution in [0.4, 0.5) is 0 Å². The first-order chi connectivity index (χ1) is 34.7. The molecule has 334 valence electrons. The lowest BCUT2D eigenvalue weighted by Crippen LogP contribution is -2.16. The Morgan fingerprint density at radius 3 is 2.03 bits per heavy atom. The van der Waals surface area contributed by atoms with E-state index in [1.165, 1.54) is 121 Å². The van der Waals surface area contributed by atoms with Crippen molar-refractivity contribution in [2.24, 2.45) is 0 Å². The molecule has 5 aliphatic rings. The summed E-state index contributed by atoms with van der Waals surface area (Å²) >= 11 is 2.08. The molecule has 2 heteroatoms. The van der Waals surface area contributed by atoms with Gasteiger partial charge in [0, 0.05) is 38.4 Å². The molecular formula is C68H51NS. The molecule has 0 spiro atoms. The van der Waals surface area contributed by atoms with E-state index in [0.29, 0.717) is 5.92 Å². The zero-order chi connectivity index (χ0) is 46.1. The summed E-state index contributed by atoms with van der Waals surface area (Å²) in [6.07, 6.45) is 31.4. The van der Waals surface area contributed by atoms with Gasteiger partial charge in [0.1, 0.15) is 0 Å². The smallest absolute Gasteiger partial charge is 0.0541 e. The Labute approximate surface area is 414 Å². The van der Waals surface area contributed by atoms with Crippen molar-refractivity contribution < 1.29 is 0 Å². The second kappa shape index (κ2) is 17.1. The third kappa shape index (κ3) is 6.84. The molecule has 0 saturated carbocycles. The Morgan fingerprint density at radius 1 is 0.529 bits per heavy atom. The average molecular weight is 914 g/mol. The number of hydrogen-bond acceptors (Lipinski definition) is 1. The summed E-state index contributed by atoms with van der Waals surface area (Å²) in [6, 6.07) is 61.9. The standard InChI is InChI=1S/C68H51NS/c1-5-19-44(20-6-1)50-40-58(46-23-9-3-10-24-46)67-61(42-50)62-43-51(45-21-7-2-8-22-45)41-59(68(62)70-67)49-35-38-64-60(39-49)53-27-17-18-32-63(53)69(64)52-36-33-48(34-37-52)66-56-30-15-13-28-54(56)65(47-25-11-4-12-26-47)55-29-14-16-31-57(55)66/h1,3-7,9-15,17-19,21-30,32-44,62,68H,2,8,16,20,31H2. The third-order valence-corrected chi connectivity index (χ3v) is 17.1. The minimum atomic E-state index is 0.251. The van der Waals surface area contributed by atoms with Gasteiger partial charge in [-0.1, -0.05) is 188 Å². The highest BCUT2D eigenvalue weighted by Gasteiger charge is 2.40. The first kappa shape index (κ1) is 41.3. The van der Waals surface area contributed by atoms with Gasteiger partial charge in [-0.3, -0.25) is 0 Å². The Kier molecular flexibility index (Phi) is 10.1. The molecule has 9 aromatic rings. The van der Waals surface area contributed by atoms with Crippen LogP contribution in [-0.2, 0) is 6.42 Å². The maximum absolute atomic E-state index is 2.60. The number of aromatic nitrogens is 1. The summed E-state index contributed by atoms with van der Waals surface area (Å²) in [5, 5.41) is 5.45. The summed E-state index contributed by atoms with van der Waals surface area (Å²) in [5.74, 6) is 0.624. The molecule has 4 aliphatic carbocycles. The number of rotatable bonds is 7. The van der Waals surface area contributed by atoms with Crippen LogP contribution in [0.1, 0.15) is 65.3 Å². The highest BCUT2D eigenvalue weighted by molar-refractivity contribution is 8.01. The van der Waals surface area contributed by atoms with E-state index in [1.807, 2.05) is 0 Å². The second-order valence-corrected chi connectivity index (χ2v) is 20.7. The molecule has 14 rings (SSSR count). The van der Waals surface area contributed by atoms with Gasteiger partial charge in [-0.25, -0.2) is 0 Å². The summed E-state index contributed by atoms with van der Waals surface area (Å²) in [5.41, 5.74) is 22.6. The number of thioether (sulfide) groups is 1. The van der Waals surface area contributed by atoms with Crippen LogP contribution < -0.4 is 0 Å². The molecule has 0 N–H and O–H groups in total. The Hall–Kier alpha value is -7.65. The normalized spacial score (nSPS) is 19.0. The fourth-order valence-corrected chi connectivity index (χ4v) is 13.9. The largest absolute Gasteiger partial charge is 0.309 e. The molecule has 2 heterocycles. The number of nitrogens with zero attached hydrogens (tertiary/aromatic N) is 1. The Bertz CT molecular complexity index is 3810. The maximum atomic E-state index is 2.60. The van der Waals surface area contributed by atoms with Crippen molar-refractivity contribution in [2.45, 2.75) is 54.1 Å². The van der Waals surface area contributed by atoms with Crippen LogP contribution in [0.25, 0.3) is 83.3 Å². The van der Waals surface area contributed by atoms with Gasteiger partial charge in [0.15, 0.2) is 0 Å². The molecule has 8 aromatic carbocycles. The van der Waals surface area contributed by atoms with Crippen molar-refractivity contribution in [3.63, 3.8) is 0 Å². The SMILES string of the molecule is C1=CCC(c2cc(-c3ccccc3)c3c(c2)C2C=C(C4=CCCC=C4)C=C(c4ccc5c(c4)c4ccccc4n5-c4ccc(-c5c6c(c(-c7ccccc7)c7ccccc57)C=CCC6)cc4)C2S3)C=C1. The van der Waals surface area contributed by atoms with Gasteiger partial charge in [0.2, 0.25) is 0 Å². The van der Waals surface area contributed by atoms with Crippen LogP contribution in [-0.4, -0.2) is 9.82 Å². The highest BCUT2D eigenvalue weighted by atomic mass is 32.2. The zero-order valence-electron chi connectivity index (χ0n) is 39.1. The predicted molar refractivity (Wildman–Crippen MR) is 299 cm³/mol. The molecule has 0 fully saturated rings. The van der Waals surface area contributed by atoms with E-state index in [0.717, 1.165) is 32.1 Å². The van der Waals surface area contributed by atoms with Crippen molar-refractivity contribution in [3.05, 3.63) is 264 Å². The minimum absolute atomic E-state index is 0.251. The molecule has 1 aromatic heterocycles. The van der Waals surface area contributed by atoms with Gasteiger partial charge >= 0.3 is 0 Å². The molecule has 3 unspecified atom stereocenters. The van der Waals surface area contributed by atoms with Gasteiger partial charge < -0.3 is 4.57 Å². The number of hydrogen-bond donors (Lipinski definition) is 0. The van der Waals surface area contributed by atoms with E-state index in [4.69, 9.17) is 0 Å². The molecule has 0 radical (unpaired) electrons. The van der Waals surface area contributed by atoms with E-state index < -0.39 is 0 Å². The summed E-state index contributed by atoms with van der Waals surface area (Å²) in [4.78, 5) is 1.43. The van der Waals surface area contributed by atoms with Crippen LogP contribution in [0.2, 0.25) is 0 Å². The van der Waals surface area contributed by atoms with Crippen molar-refractivity contribution in [2.75, 3.05) is 0 Å². The lowest BCUT2D eigenvalue weighted by atomic mass is 9.78. The fraction of sp³-hybridized carbons (Fsp3) is 0.118. The van der Waals surface area contributed by atoms with Gasteiger partial charge in [0.05, 0.1) is 11.0 Å². The molecule has 1 aliphatic heterocycles. The van der Waals surface area contributed by atoms with Crippen molar-refractivity contribution in [1.29, 1.82) is 0 Å². The monoisotopic (exact) mass is 913 g/mol. The highest BCUT2D eigenvalue weighted by Crippen LogP contribution is 2.58. The van der Waals surface area contributed by atoms with Crippen LogP contribution in [0, 0.1) is 0 Å². The first-order valence-corrected chi connectivity index (χ1v) is 26.1. The molecular weight excluding hydrogens is 863 g/mol. The van der Waals surface area contributed by atoms with E-state index in [1.54, 1.807) is 0 Å². The van der Waals surface area contributed by atoms with Gasteiger partial charge in [-0.05, 0) is 163 Å². The maximum Gasteiger partial charge on any atom is 0.0541 e.